The maximum atomic E-state index is 11.8. The smallest absolute Gasteiger partial charge is 0.335 e. The van der Waals surface area contributed by atoms with Gasteiger partial charge in [0, 0.05) is 23.6 Å². The number of rotatable bonds is 3. The average molecular weight is 242 g/mol. The lowest BCUT2D eigenvalue weighted by Gasteiger charge is -2.05. The van der Waals surface area contributed by atoms with Gasteiger partial charge in [-0.1, -0.05) is 0 Å². The van der Waals surface area contributed by atoms with Crippen LogP contribution < -0.4 is 5.32 Å². The molecule has 0 atom stereocenters. The molecule has 0 fully saturated rings. The Kier molecular flexibility index (Phi) is 3.33. The molecule has 90 valence electrons. The van der Waals surface area contributed by atoms with Crippen molar-refractivity contribution in [3.05, 3.63) is 59.9 Å². The van der Waals surface area contributed by atoms with Gasteiger partial charge in [0.1, 0.15) is 0 Å². The average Bonchev–Trinajstić information content (AvgIpc) is 2.40. The van der Waals surface area contributed by atoms with E-state index in [1.54, 1.807) is 24.3 Å². The summed E-state index contributed by atoms with van der Waals surface area (Å²) in [5.41, 5.74) is 1.21. The summed E-state index contributed by atoms with van der Waals surface area (Å²) in [4.78, 5) is 26.3. The number of nitrogens with one attached hydrogen (secondary N) is 1. The first-order valence-electron chi connectivity index (χ1n) is 5.21. The monoisotopic (exact) mass is 242 g/mol. The van der Waals surface area contributed by atoms with Crippen LogP contribution in [0.15, 0.2) is 48.8 Å². The van der Waals surface area contributed by atoms with Gasteiger partial charge in [-0.25, -0.2) is 4.79 Å². The second kappa shape index (κ2) is 5.09. The predicted octanol–water partition coefficient (Wildman–Crippen LogP) is 2.03. The molecule has 2 aromatic rings. The molecule has 0 aliphatic carbocycles. The van der Waals surface area contributed by atoms with E-state index in [2.05, 4.69) is 10.3 Å². The Morgan fingerprint density at radius 3 is 2.11 bits per heavy atom. The van der Waals surface area contributed by atoms with Crippen LogP contribution in [0.25, 0.3) is 0 Å². The van der Waals surface area contributed by atoms with Gasteiger partial charge in [0.05, 0.1) is 5.56 Å². The number of aromatic nitrogens is 1. The number of anilines is 1. The second-order valence-electron chi connectivity index (χ2n) is 3.57. The molecule has 2 rings (SSSR count). The van der Waals surface area contributed by atoms with Crippen molar-refractivity contribution < 1.29 is 14.7 Å². The first-order valence-corrected chi connectivity index (χ1v) is 5.21. The van der Waals surface area contributed by atoms with Crippen LogP contribution >= 0.6 is 0 Å². The normalized spacial score (nSPS) is 9.78. The molecule has 2 N–H and O–H groups in total. The molecule has 5 nitrogen and oxygen atoms in total. The van der Waals surface area contributed by atoms with Crippen LogP contribution in [0.5, 0.6) is 0 Å². The second-order valence-corrected chi connectivity index (χ2v) is 3.57. The van der Waals surface area contributed by atoms with E-state index in [4.69, 9.17) is 5.11 Å². The summed E-state index contributed by atoms with van der Waals surface area (Å²) >= 11 is 0. The lowest BCUT2D eigenvalue weighted by atomic mass is 10.2. The standard InChI is InChI=1S/C13H10N2O3/c16-12(9-5-7-14-8-6-9)15-11-3-1-10(2-4-11)13(17)18/h1-8H,(H,15,16)(H,17,18). The quantitative estimate of drug-likeness (QED) is 0.863. The molecule has 1 amide bonds. The zero-order valence-electron chi connectivity index (χ0n) is 9.33. The highest BCUT2D eigenvalue weighted by Gasteiger charge is 2.06. The number of amides is 1. The topological polar surface area (TPSA) is 79.3 Å². The SMILES string of the molecule is O=C(O)c1ccc(NC(=O)c2ccncc2)cc1. The third-order valence-electron chi connectivity index (χ3n) is 2.33. The number of hydrogen-bond donors (Lipinski definition) is 2. The van der Waals surface area contributed by atoms with E-state index in [0.717, 1.165) is 0 Å². The first-order chi connectivity index (χ1) is 8.66. The molecule has 0 saturated carbocycles. The molecule has 0 saturated heterocycles. The Morgan fingerprint density at radius 2 is 1.56 bits per heavy atom. The predicted molar refractivity (Wildman–Crippen MR) is 65.6 cm³/mol. The third-order valence-corrected chi connectivity index (χ3v) is 2.33. The van der Waals surface area contributed by atoms with E-state index >= 15 is 0 Å². The number of pyridine rings is 1. The largest absolute Gasteiger partial charge is 0.478 e. The molecule has 1 aromatic heterocycles. The van der Waals surface area contributed by atoms with E-state index in [9.17, 15) is 9.59 Å². The Bertz CT molecular complexity index is 565. The summed E-state index contributed by atoms with van der Waals surface area (Å²) in [6.45, 7) is 0. The molecular weight excluding hydrogens is 232 g/mol. The highest BCUT2D eigenvalue weighted by molar-refractivity contribution is 6.04. The van der Waals surface area contributed by atoms with Gasteiger partial charge in [-0.2, -0.15) is 0 Å². The highest BCUT2D eigenvalue weighted by atomic mass is 16.4. The summed E-state index contributed by atoms with van der Waals surface area (Å²) < 4.78 is 0. The molecule has 0 unspecified atom stereocenters. The van der Waals surface area contributed by atoms with Gasteiger partial charge >= 0.3 is 5.97 Å². The van der Waals surface area contributed by atoms with Gasteiger partial charge in [-0.3, -0.25) is 9.78 Å². The number of nitrogens with zero attached hydrogens (tertiary/aromatic N) is 1. The Morgan fingerprint density at radius 1 is 0.944 bits per heavy atom. The molecule has 0 aliphatic heterocycles. The number of carbonyl (C=O) groups is 2. The fourth-order valence-electron chi connectivity index (χ4n) is 1.40. The molecule has 0 radical (unpaired) electrons. The third kappa shape index (κ3) is 2.70. The van der Waals surface area contributed by atoms with Crippen LogP contribution in [0.1, 0.15) is 20.7 Å². The number of hydrogen-bond acceptors (Lipinski definition) is 3. The van der Waals surface area contributed by atoms with Crippen molar-refractivity contribution in [1.29, 1.82) is 0 Å². The molecule has 0 aliphatic rings. The van der Waals surface area contributed by atoms with Crippen LogP contribution in [0.3, 0.4) is 0 Å². The van der Waals surface area contributed by atoms with Crippen molar-refractivity contribution in [2.45, 2.75) is 0 Å². The van der Waals surface area contributed by atoms with Crippen molar-refractivity contribution in [1.82, 2.24) is 4.98 Å². The number of carbonyl (C=O) groups excluding carboxylic acids is 1. The summed E-state index contributed by atoms with van der Waals surface area (Å²) in [5.74, 6) is -1.26. The van der Waals surface area contributed by atoms with Crippen LogP contribution in [-0.2, 0) is 0 Å². The van der Waals surface area contributed by atoms with Crippen LogP contribution in [0, 0.1) is 0 Å². The Hall–Kier alpha value is -2.69. The van der Waals surface area contributed by atoms with Crippen molar-refractivity contribution >= 4 is 17.6 Å². The van der Waals surface area contributed by atoms with E-state index in [0.29, 0.717) is 11.3 Å². The van der Waals surface area contributed by atoms with Gasteiger partial charge in [0.25, 0.3) is 5.91 Å². The van der Waals surface area contributed by atoms with Crippen LogP contribution in [0.4, 0.5) is 5.69 Å². The van der Waals surface area contributed by atoms with Gasteiger partial charge in [-0.05, 0) is 36.4 Å². The van der Waals surface area contributed by atoms with E-state index in [1.165, 1.54) is 24.5 Å². The van der Waals surface area contributed by atoms with Crippen molar-refractivity contribution in [3.63, 3.8) is 0 Å². The Balaban J connectivity index is 2.10. The molecule has 18 heavy (non-hydrogen) atoms. The van der Waals surface area contributed by atoms with Gasteiger partial charge < -0.3 is 10.4 Å². The maximum absolute atomic E-state index is 11.8. The first kappa shape index (κ1) is 11.8. The summed E-state index contributed by atoms with van der Waals surface area (Å²) in [6, 6.07) is 9.15. The molecule has 5 heteroatoms. The fourth-order valence-corrected chi connectivity index (χ4v) is 1.40. The van der Waals surface area contributed by atoms with Gasteiger partial charge in [0.15, 0.2) is 0 Å². The number of benzene rings is 1. The Labute approximate surface area is 103 Å². The number of carboxylic acids is 1. The van der Waals surface area contributed by atoms with Crippen LogP contribution in [-0.4, -0.2) is 22.0 Å². The number of carboxylic acid groups (broad SMARTS) is 1. The van der Waals surface area contributed by atoms with Crippen molar-refractivity contribution in [3.8, 4) is 0 Å². The zero-order chi connectivity index (χ0) is 13.0. The fraction of sp³-hybridized carbons (Fsp3) is 0. The zero-order valence-corrected chi connectivity index (χ0v) is 9.33. The maximum Gasteiger partial charge on any atom is 0.335 e. The molecule has 0 bridgehead atoms. The molecule has 1 heterocycles. The summed E-state index contributed by atoms with van der Waals surface area (Å²) in [6.07, 6.45) is 3.06. The van der Waals surface area contributed by atoms with Gasteiger partial charge in [0.2, 0.25) is 0 Å². The minimum Gasteiger partial charge on any atom is -0.478 e. The molecular formula is C13H10N2O3. The lowest BCUT2D eigenvalue weighted by Crippen LogP contribution is -2.11. The summed E-state index contributed by atoms with van der Waals surface area (Å²) in [7, 11) is 0. The minimum absolute atomic E-state index is 0.178. The van der Waals surface area contributed by atoms with E-state index < -0.39 is 5.97 Å². The number of aromatic carboxylic acids is 1. The highest BCUT2D eigenvalue weighted by Crippen LogP contribution is 2.11. The molecule has 0 spiro atoms. The van der Waals surface area contributed by atoms with E-state index in [1.807, 2.05) is 0 Å². The molecule has 1 aromatic carbocycles. The summed E-state index contributed by atoms with van der Waals surface area (Å²) in [5, 5.41) is 11.4. The van der Waals surface area contributed by atoms with Gasteiger partial charge in [-0.15, -0.1) is 0 Å². The van der Waals surface area contributed by atoms with E-state index in [-0.39, 0.29) is 11.5 Å². The minimum atomic E-state index is -0.998. The lowest BCUT2D eigenvalue weighted by molar-refractivity contribution is 0.0696. The van der Waals surface area contributed by atoms with Crippen LogP contribution in [0.2, 0.25) is 0 Å². The van der Waals surface area contributed by atoms with Crippen molar-refractivity contribution in [2.75, 3.05) is 5.32 Å². The van der Waals surface area contributed by atoms with Crippen molar-refractivity contribution in [2.24, 2.45) is 0 Å².